The van der Waals surface area contributed by atoms with E-state index in [-0.39, 0.29) is 17.0 Å². The molecule has 1 heterocycles. The molecule has 0 unspecified atom stereocenters. The Kier molecular flexibility index (Phi) is 4.91. The molecule has 2 rings (SSSR count). The van der Waals surface area contributed by atoms with E-state index in [9.17, 15) is 10.1 Å². The predicted octanol–water partition coefficient (Wildman–Crippen LogP) is 3.76. The van der Waals surface area contributed by atoms with Gasteiger partial charge >= 0.3 is 5.97 Å². The van der Waals surface area contributed by atoms with Gasteiger partial charge in [-0.25, -0.2) is 4.79 Å². The third-order valence-corrected chi connectivity index (χ3v) is 3.68. The minimum absolute atomic E-state index is 0.0118. The highest BCUT2D eigenvalue weighted by Crippen LogP contribution is 2.40. The first-order valence-electron chi connectivity index (χ1n) is 7.41. The van der Waals surface area contributed by atoms with E-state index in [1.807, 2.05) is 6.07 Å². The lowest BCUT2D eigenvalue weighted by molar-refractivity contribution is -0.150. The molecule has 0 fully saturated rings. The minimum atomic E-state index is -0.672. The highest BCUT2D eigenvalue weighted by molar-refractivity contribution is 6.30. The van der Waals surface area contributed by atoms with Crippen LogP contribution in [0.3, 0.4) is 0 Å². The van der Waals surface area contributed by atoms with E-state index in [0.29, 0.717) is 16.3 Å². The zero-order chi connectivity index (χ0) is 18.1. The second-order valence-electron chi connectivity index (χ2n) is 6.45. The summed E-state index contributed by atoms with van der Waals surface area (Å²) >= 11 is 5.93. The normalized spacial score (nSPS) is 18.1. The van der Waals surface area contributed by atoms with Crippen LogP contribution in [0.1, 0.15) is 39.2 Å². The van der Waals surface area contributed by atoms with Crippen molar-refractivity contribution in [2.45, 2.75) is 39.2 Å². The Balaban J connectivity index is 2.57. The molecule has 5 nitrogen and oxygen atoms in total. The van der Waals surface area contributed by atoms with Crippen LogP contribution in [0.2, 0.25) is 5.02 Å². The number of nitrogens with zero attached hydrogens (tertiary/aromatic N) is 1. The number of rotatable bonds is 2. The van der Waals surface area contributed by atoms with Crippen LogP contribution in [0.5, 0.6) is 0 Å². The Hall–Kier alpha value is -2.45. The highest BCUT2D eigenvalue weighted by Gasteiger charge is 2.37. The molecule has 1 aliphatic rings. The topological polar surface area (TPSA) is 85.3 Å². The first-order chi connectivity index (χ1) is 11.1. The average molecular weight is 347 g/mol. The van der Waals surface area contributed by atoms with E-state index in [1.165, 1.54) is 0 Å². The molecule has 6 heteroatoms. The molecular formula is C18H19ClN2O3. The number of nitriles is 1. The number of benzene rings is 1. The van der Waals surface area contributed by atoms with Gasteiger partial charge in [-0.3, -0.25) is 0 Å². The maximum atomic E-state index is 12.7. The summed E-state index contributed by atoms with van der Waals surface area (Å²) in [6, 6.07) is 8.93. The van der Waals surface area contributed by atoms with Crippen molar-refractivity contribution in [2.75, 3.05) is 0 Å². The molecule has 0 bridgehead atoms. The van der Waals surface area contributed by atoms with Gasteiger partial charge in [-0.05, 0) is 45.4 Å². The zero-order valence-corrected chi connectivity index (χ0v) is 14.8. The van der Waals surface area contributed by atoms with Gasteiger partial charge in [0, 0.05) is 5.02 Å². The molecule has 1 atom stereocenters. The molecule has 0 saturated heterocycles. The number of allylic oxidation sites excluding steroid dienone is 2. The molecule has 0 aromatic heterocycles. The number of nitrogens with two attached hydrogens (primary N) is 1. The maximum absolute atomic E-state index is 12.7. The van der Waals surface area contributed by atoms with E-state index < -0.39 is 17.5 Å². The van der Waals surface area contributed by atoms with Crippen molar-refractivity contribution in [2.24, 2.45) is 5.73 Å². The molecule has 0 radical (unpaired) electrons. The molecule has 2 N–H and O–H groups in total. The van der Waals surface area contributed by atoms with E-state index in [2.05, 4.69) is 0 Å². The molecule has 0 spiro atoms. The van der Waals surface area contributed by atoms with Gasteiger partial charge in [0.05, 0.1) is 11.5 Å². The van der Waals surface area contributed by atoms with Crippen molar-refractivity contribution < 1.29 is 14.3 Å². The summed E-state index contributed by atoms with van der Waals surface area (Å²) in [4.78, 5) is 12.7. The van der Waals surface area contributed by atoms with Crippen molar-refractivity contribution in [3.8, 4) is 6.07 Å². The molecule has 1 aliphatic heterocycles. The van der Waals surface area contributed by atoms with Gasteiger partial charge in [0.15, 0.2) is 0 Å². The quantitative estimate of drug-likeness (QED) is 0.824. The number of carbonyl (C=O) groups is 1. The lowest BCUT2D eigenvalue weighted by Gasteiger charge is -2.29. The van der Waals surface area contributed by atoms with Crippen LogP contribution in [0, 0.1) is 11.3 Å². The second-order valence-corrected chi connectivity index (χ2v) is 6.88. The van der Waals surface area contributed by atoms with Crippen LogP contribution < -0.4 is 5.73 Å². The largest absolute Gasteiger partial charge is 0.456 e. The third kappa shape index (κ3) is 3.72. The summed E-state index contributed by atoms with van der Waals surface area (Å²) in [5, 5.41) is 10.1. The molecule has 1 aromatic rings. The minimum Gasteiger partial charge on any atom is -0.456 e. The third-order valence-electron chi connectivity index (χ3n) is 3.43. The molecule has 126 valence electrons. The Morgan fingerprint density at radius 3 is 2.42 bits per heavy atom. The van der Waals surface area contributed by atoms with E-state index in [0.717, 1.165) is 0 Å². The molecule has 0 saturated carbocycles. The Morgan fingerprint density at radius 1 is 1.33 bits per heavy atom. The molecule has 24 heavy (non-hydrogen) atoms. The van der Waals surface area contributed by atoms with Crippen LogP contribution in [0.25, 0.3) is 0 Å². The van der Waals surface area contributed by atoms with Crippen molar-refractivity contribution in [1.82, 2.24) is 0 Å². The van der Waals surface area contributed by atoms with Gasteiger partial charge in [-0.2, -0.15) is 5.26 Å². The van der Waals surface area contributed by atoms with Crippen molar-refractivity contribution in [3.05, 3.63) is 57.6 Å². The number of hydrogen-bond donors (Lipinski definition) is 1. The lowest BCUT2D eigenvalue weighted by atomic mass is 9.83. The van der Waals surface area contributed by atoms with Crippen LogP contribution in [0.4, 0.5) is 0 Å². The first kappa shape index (κ1) is 17.9. The SMILES string of the molecule is CC1=C(C(=O)OC(C)(C)C)[C@H](c2ccc(Cl)cc2)C(C#N)=C(N)O1. The number of halogens is 1. The van der Waals surface area contributed by atoms with Crippen LogP contribution in [-0.4, -0.2) is 11.6 Å². The number of hydrogen-bond acceptors (Lipinski definition) is 5. The van der Waals surface area contributed by atoms with E-state index in [4.69, 9.17) is 26.8 Å². The predicted molar refractivity (Wildman–Crippen MR) is 90.6 cm³/mol. The Bertz CT molecular complexity index is 765. The monoisotopic (exact) mass is 346 g/mol. The van der Waals surface area contributed by atoms with Gasteiger partial charge in [0.2, 0.25) is 5.88 Å². The van der Waals surface area contributed by atoms with E-state index >= 15 is 0 Å². The second kappa shape index (κ2) is 6.58. The number of ether oxygens (including phenoxy) is 2. The average Bonchev–Trinajstić information content (AvgIpc) is 2.45. The lowest BCUT2D eigenvalue weighted by Crippen LogP contribution is -2.30. The molecular weight excluding hydrogens is 328 g/mol. The van der Waals surface area contributed by atoms with Gasteiger partial charge in [0.1, 0.15) is 23.0 Å². The maximum Gasteiger partial charge on any atom is 0.338 e. The fourth-order valence-corrected chi connectivity index (χ4v) is 2.59. The highest BCUT2D eigenvalue weighted by atomic mass is 35.5. The number of esters is 1. The zero-order valence-electron chi connectivity index (χ0n) is 14.0. The van der Waals surface area contributed by atoms with E-state index in [1.54, 1.807) is 52.0 Å². The first-order valence-corrected chi connectivity index (χ1v) is 7.79. The van der Waals surface area contributed by atoms with Crippen molar-refractivity contribution in [1.29, 1.82) is 5.26 Å². The summed E-state index contributed by atoms with van der Waals surface area (Å²) in [5.74, 6) is -0.890. The van der Waals surface area contributed by atoms with Crippen LogP contribution in [-0.2, 0) is 14.3 Å². The van der Waals surface area contributed by atoms with Crippen molar-refractivity contribution >= 4 is 17.6 Å². The Labute approximate surface area is 146 Å². The summed E-state index contributed by atoms with van der Waals surface area (Å²) in [5.41, 5.74) is 6.32. The fourth-order valence-electron chi connectivity index (χ4n) is 2.47. The summed E-state index contributed by atoms with van der Waals surface area (Å²) in [7, 11) is 0. The smallest absolute Gasteiger partial charge is 0.338 e. The molecule has 0 amide bonds. The van der Waals surface area contributed by atoms with Crippen LogP contribution >= 0.6 is 11.6 Å². The van der Waals surface area contributed by atoms with Crippen LogP contribution in [0.15, 0.2) is 47.1 Å². The van der Waals surface area contributed by atoms with Gasteiger partial charge in [-0.1, -0.05) is 23.7 Å². The molecule has 1 aromatic carbocycles. The van der Waals surface area contributed by atoms with Gasteiger partial charge in [0.25, 0.3) is 0 Å². The van der Waals surface area contributed by atoms with Gasteiger partial charge in [-0.15, -0.1) is 0 Å². The summed E-state index contributed by atoms with van der Waals surface area (Å²) in [6.07, 6.45) is 0. The number of carbonyl (C=O) groups excluding carboxylic acids is 1. The fraction of sp³-hybridized carbons (Fsp3) is 0.333. The van der Waals surface area contributed by atoms with Crippen molar-refractivity contribution in [3.63, 3.8) is 0 Å². The summed E-state index contributed by atoms with van der Waals surface area (Å²) in [6.45, 7) is 6.95. The Morgan fingerprint density at radius 2 is 1.92 bits per heavy atom. The standard InChI is InChI=1S/C18H19ClN2O3/c1-10-14(17(22)24-18(2,3)4)15(13(9-20)16(21)23-10)11-5-7-12(19)8-6-11/h5-8,15H,21H2,1-4H3/t15-/m1/s1. The summed E-state index contributed by atoms with van der Waals surface area (Å²) < 4.78 is 10.9. The van der Waals surface area contributed by atoms with Gasteiger partial charge < -0.3 is 15.2 Å². The molecule has 0 aliphatic carbocycles.